The van der Waals surface area contributed by atoms with Gasteiger partial charge in [0, 0.05) is 12.8 Å². The predicted molar refractivity (Wildman–Crippen MR) is 232 cm³/mol. The maximum atomic E-state index is 12.8. The van der Waals surface area contributed by atoms with E-state index in [2.05, 4.69) is 48.8 Å². The fraction of sp³-hybridized carbons (Fsp3) is 0.830. The van der Waals surface area contributed by atoms with Crippen molar-refractivity contribution in [2.45, 2.75) is 238 Å². The number of carbonyl (C=O) groups is 4. The number of rotatable bonds is 42. The summed E-state index contributed by atoms with van der Waals surface area (Å²) in [5, 5.41) is 22.6. The number of aliphatic carboxylic acids is 1. The van der Waals surface area contributed by atoms with Crippen molar-refractivity contribution in [3.63, 3.8) is 0 Å². The number of esters is 1. The van der Waals surface area contributed by atoms with Crippen molar-refractivity contribution < 1.29 is 34.1 Å². The van der Waals surface area contributed by atoms with Gasteiger partial charge in [-0.05, 0) is 70.6 Å². The van der Waals surface area contributed by atoms with Gasteiger partial charge in [-0.15, -0.1) is 0 Å². The minimum atomic E-state index is -1.38. The van der Waals surface area contributed by atoms with Crippen LogP contribution < -0.4 is 10.6 Å². The number of hydrogen-bond donors (Lipinski definition) is 4. The van der Waals surface area contributed by atoms with Crippen molar-refractivity contribution >= 4 is 23.8 Å². The SMILES string of the molecule is CCCCCC/C=C\C/C=C\CCCCCCCCCC(=O)OC(CCCCCCCCCCCC)CCCCCCCC(=O)NCC(=O)NC(CO)C(=O)O. The molecular weight excluding hydrogens is 705 g/mol. The molecule has 2 atom stereocenters. The molecule has 56 heavy (non-hydrogen) atoms. The zero-order chi connectivity index (χ0) is 41.2. The zero-order valence-corrected chi connectivity index (χ0v) is 36.1. The molecule has 0 heterocycles. The summed E-state index contributed by atoms with van der Waals surface area (Å²) >= 11 is 0. The second-order valence-electron chi connectivity index (χ2n) is 15.8. The molecule has 0 aliphatic rings. The van der Waals surface area contributed by atoms with Crippen molar-refractivity contribution in [2.24, 2.45) is 0 Å². The number of allylic oxidation sites excluding steroid dienone is 4. The number of carboxylic acids is 1. The molecule has 0 spiro atoms. The van der Waals surface area contributed by atoms with Gasteiger partial charge in [-0.2, -0.15) is 0 Å². The lowest BCUT2D eigenvalue weighted by Crippen LogP contribution is -2.47. The number of aliphatic hydroxyl groups is 1. The molecule has 0 radical (unpaired) electrons. The monoisotopic (exact) mass is 791 g/mol. The van der Waals surface area contributed by atoms with Crippen molar-refractivity contribution in [2.75, 3.05) is 13.2 Å². The summed E-state index contributed by atoms with van der Waals surface area (Å²) in [7, 11) is 0. The highest BCUT2D eigenvalue weighted by atomic mass is 16.5. The van der Waals surface area contributed by atoms with Gasteiger partial charge >= 0.3 is 11.9 Å². The molecule has 0 aliphatic heterocycles. The Morgan fingerprint density at radius 3 is 1.45 bits per heavy atom. The number of aliphatic hydroxyl groups excluding tert-OH is 1. The normalized spacial score (nSPS) is 12.6. The van der Waals surface area contributed by atoms with E-state index in [0.717, 1.165) is 64.2 Å². The first kappa shape index (κ1) is 53.3. The Balaban J connectivity index is 4.24. The zero-order valence-electron chi connectivity index (χ0n) is 36.1. The number of carboxylic acid groups (broad SMARTS) is 1. The highest BCUT2D eigenvalue weighted by molar-refractivity contribution is 5.87. The summed E-state index contributed by atoms with van der Waals surface area (Å²) in [5.74, 6) is -2.29. The molecule has 0 rings (SSSR count). The van der Waals surface area contributed by atoms with Crippen LogP contribution in [0.1, 0.15) is 226 Å². The number of hydrogen-bond acceptors (Lipinski definition) is 6. The number of carbonyl (C=O) groups excluding carboxylic acids is 3. The van der Waals surface area contributed by atoms with Gasteiger partial charge in [-0.25, -0.2) is 4.79 Å². The Bertz CT molecular complexity index is 999. The van der Waals surface area contributed by atoms with Crippen LogP contribution in [-0.4, -0.2) is 59.3 Å². The number of nitrogens with one attached hydrogen (secondary N) is 2. The van der Waals surface area contributed by atoms with Crippen molar-refractivity contribution in [1.29, 1.82) is 0 Å². The summed E-state index contributed by atoms with van der Waals surface area (Å²) in [6.45, 7) is 3.48. The highest BCUT2D eigenvalue weighted by Crippen LogP contribution is 2.19. The van der Waals surface area contributed by atoms with Gasteiger partial charge in [0.15, 0.2) is 0 Å². The largest absolute Gasteiger partial charge is 0.480 e. The Morgan fingerprint density at radius 2 is 0.964 bits per heavy atom. The van der Waals surface area contributed by atoms with Crippen LogP contribution in [0.2, 0.25) is 0 Å². The summed E-state index contributed by atoms with van der Waals surface area (Å²) in [5.41, 5.74) is 0. The second kappa shape index (κ2) is 41.9. The number of unbranched alkanes of at least 4 members (excludes halogenated alkanes) is 24. The van der Waals surface area contributed by atoms with E-state index in [1.165, 1.54) is 128 Å². The van der Waals surface area contributed by atoms with Gasteiger partial charge in [0.2, 0.25) is 11.8 Å². The van der Waals surface area contributed by atoms with Crippen LogP contribution in [0, 0.1) is 0 Å². The van der Waals surface area contributed by atoms with Crippen molar-refractivity contribution in [3.8, 4) is 0 Å². The van der Waals surface area contributed by atoms with Crippen LogP contribution in [0.5, 0.6) is 0 Å². The molecule has 0 aliphatic carbocycles. The lowest BCUT2D eigenvalue weighted by molar-refractivity contribution is -0.150. The Morgan fingerprint density at radius 1 is 0.536 bits per heavy atom. The van der Waals surface area contributed by atoms with Gasteiger partial charge in [0.25, 0.3) is 0 Å². The van der Waals surface area contributed by atoms with E-state index in [0.29, 0.717) is 19.3 Å². The molecule has 326 valence electrons. The minimum Gasteiger partial charge on any atom is -0.480 e. The van der Waals surface area contributed by atoms with E-state index in [1.54, 1.807) is 0 Å². The molecule has 0 aromatic heterocycles. The number of ether oxygens (including phenoxy) is 1. The first-order valence-electron chi connectivity index (χ1n) is 23.2. The molecule has 4 N–H and O–H groups in total. The molecule has 2 unspecified atom stereocenters. The van der Waals surface area contributed by atoms with Crippen LogP contribution in [0.4, 0.5) is 0 Å². The van der Waals surface area contributed by atoms with E-state index >= 15 is 0 Å². The van der Waals surface area contributed by atoms with Crippen molar-refractivity contribution in [3.05, 3.63) is 24.3 Å². The molecule has 0 saturated heterocycles. The van der Waals surface area contributed by atoms with E-state index in [1.807, 2.05) is 0 Å². The number of amides is 2. The van der Waals surface area contributed by atoms with Gasteiger partial charge in [0.05, 0.1) is 13.2 Å². The maximum absolute atomic E-state index is 12.8. The van der Waals surface area contributed by atoms with Crippen LogP contribution in [0.15, 0.2) is 24.3 Å². The molecule has 2 amide bonds. The minimum absolute atomic E-state index is 0.0133. The van der Waals surface area contributed by atoms with Gasteiger partial charge in [-0.1, -0.05) is 167 Å². The fourth-order valence-corrected chi connectivity index (χ4v) is 6.86. The summed E-state index contributed by atoms with van der Waals surface area (Å²) in [6, 6.07) is -1.38. The third-order valence-corrected chi connectivity index (χ3v) is 10.5. The van der Waals surface area contributed by atoms with Gasteiger partial charge in [-0.3, -0.25) is 14.4 Å². The van der Waals surface area contributed by atoms with Crippen LogP contribution >= 0.6 is 0 Å². The first-order valence-corrected chi connectivity index (χ1v) is 23.2. The summed E-state index contributed by atoms with van der Waals surface area (Å²) in [4.78, 5) is 47.6. The van der Waals surface area contributed by atoms with Crippen molar-refractivity contribution in [1.82, 2.24) is 10.6 Å². The predicted octanol–water partition coefficient (Wildman–Crippen LogP) is 11.6. The molecule has 0 saturated carbocycles. The van der Waals surface area contributed by atoms with Gasteiger partial charge < -0.3 is 25.6 Å². The fourth-order valence-electron chi connectivity index (χ4n) is 6.86. The first-order chi connectivity index (χ1) is 27.3. The third kappa shape index (κ3) is 38.2. The molecule has 0 bridgehead atoms. The Kier molecular flexibility index (Phi) is 39.9. The lowest BCUT2D eigenvalue weighted by atomic mass is 10.0. The lowest BCUT2D eigenvalue weighted by Gasteiger charge is -2.18. The topological polar surface area (TPSA) is 142 Å². The Hall–Kier alpha value is -2.68. The van der Waals surface area contributed by atoms with Crippen LogP contribution in [-0.2, 0) is 23.9 Å². The standard InChI is InChI=1S/C47H86N2O7/c1-3-5-7-9-11-13-15-16-17-18-19-20-21-22-24-26-31-35-39-46(53)56-42(36-32-28-25-23-14-12-10-8-6-4-2)37-33-29-27-30-34-38-44(51)48-40-45(52)49-43(41-50)47(54)55/h13,15,17-18,42-43,50H,3-12,14,16,19-41H2,1-2H3,(H,48,51)(H,49,52)(H,54,55)/b15-13-,18-17-. The smallest absolute Gasteiger partial charge is 0.328 e. The van der Waals surface area contributed by atoms with E-state index < -0.39 is 24.5 Å². The molecule has 0 aromatic carbocycles. The van der Waals surface area contributed by atoms with Crippen LogP contribution in [0.25, 0.3) is 0 Å². The molecule has 0 aromatic rings. The maximum Gasteiger partial charge on any atom is 0.328 e. The van der Waals surface area contributed by atoms with E-state index in [9.17, 15) is 19.2 Å². The molecule has 0 fully saturated rings. The molecule has 9 nitrogen and oxygen atoms in total. The summed E-state index contributed by atoms with van der Waals surface area (Å²) < 4.78 is 6.03. The summed E-state index contributed by atoms with van der Waals surface area (Å²) in [6.07, 6.45) is 46.3. The molecular formula is C47H86N2O7. The van der Waals surface area contributed by atoms with E-state index in [4.69, 9.17) is 14.9 Å². The molecule has 9 heteroatoms. The Labute approximate surface area is 343 Å². The van der Waals surface area contributed by atoms with Gasteiger partial charge in [0.1, 0.15) is 12.1 Å². The third-order valence-electron chi connectivity index (χ3n) is 10.5. The van der Waals surface area contributed by atoms with Crippen LogP contribution in [0.3, 0.4) is 0 Å². The average molecular weight is 791 g/mol. The second-order valence-corrected chi connectivity index (χ2v) is 15.8. The van der Waals surface area contributed by atoms with E-state index in [-0.39, 0.29) is 24.5 Å². The highest BCUT2D eigenvalue weighted by Gasteiger charge is 2.19. The average Bonchev–Trinajstić information content (AvgIpc) is 3.18. The quantitative estimate of drug-likeness (QED) is 0.0274.